The molecule has 0 bridgehead atoms. The fraction of sp³-hybridized carbons (Fsp3) is 0.300. The van der Waals surface area contributed by atoms with Crippen molar-refractivity contribution in [3.8, 4) is 11.5 Å². The van der Waals surface area contributed by atoms with Crippen LogP contribution in [-0.2, 0) is 0 Å². The minimum absolute atomic E-state index is 0.760. The van der Waals surface area contributed by atoms with Crippen LogP contribution in [0.5, 0.6) is 11.5 Å². The third-order valence-electron chi connectivity index (χ3n) is 3.92. The first-order chi connectivity index (χ1) is 11.5. The first-order valence-corrected chi connectivity index (χ1v) is 7.86. The monoisotopic (exact) mass is 324 g/mol. The van der Waals surface area contributed by atoms with Crippen LogP contribution in [0.2, 0.25) is 0 Å². The van der Waals surface area contributed by atoms with Crippen LogP contribution in [0.15, 0.2) is 46.4 Å². The number of hydrogen-bond donors (Lipinski definition) is 0. The number of methoxy groups -OCH3 is 2. The summed E-state index contributed by atoms with van der Waals surface area (Å²) in [5.74, 6) is 1.52. The number of nitrogens with zero attached hydrogens (tertiary/aromatic N) is 2. The van der Waals surface area contributed by atoms with Crippen LogP contribution in [0.3, 0.4) is 0 Å². The van der Waals surface area contributed by atoms with E-state index < -0.39 is 0 Å². The third-order valence-corrected chi connectivity index (χ3v) is 3.92. The number of para-hydroxylation sites is 2. The molecule has 126 valence electrons. The van der Waals surface area contributed by atoms with E-state index in [1.54, 1.807) is 14.2 Å². The highest BCUT2D eigenvalue weighted by atomic mass is 16.5. The van der Waals surface area contributed by atoms with Crippen LogP contribution in [-0.4, -0.2) is 25.6 Å². The summed E-state index contributed by atoms with van der Waals surface area (Å²) in [5.41, 5.74) is 5.48. The lowest BCUT2D eigenvalue weighted by molar-refractivity contribution is 0.416. The number of aliphatic imine (C=N–C) groups is 2. The minimum Gasteiger partial charge on any atom is -0.494 e. The predicted molar refractivity (Wildman–Crippen MR) is 101 cm³/mol. The Labute approximate surface area is 143 Å². The lowest BCUT2D eigenvalue weighted by Crippen LogP contribution is -2.05. The van der Waals surface area contributed by atoms with Gasteiger partial charge in [-0.15, -0.1) is 0 Å². The Morgan fingerprint density at radius 2 is 1.08 bits per heavy atom. The van der Waals surface area contributed by atoms with Gasteiger partial charge in [0.2, 0.25) is 0 Å². The zero-order valence-electron chi connectivity index (χ0n) is 15.2. The Balaban J connectivity index is 2.45. The molecular formula is C20H24N2O2. The Morgan fingerprint density at radius 1 is 0.708 bits per heavy atom. The molecule has 0 unspecified atom stereocenters. The molecule has 0 amide bonds. The van der Waals surface area contributed by atoms with E-state index in [4.69, 9.17) is 19.5 Å². The van der Waals surface area contributed by atoms with E-state index in [1.165, 1.54) is 0 Å². The normalized spacial score (nSPS) is 12.2. The van der Waals surface area contributed by atoms with Crippen molar-refractivity contribution >= 4 is 22.8 Å². The van der Waals surface area contributed by atoms with Crippen LogP contribution in [0.25, 0.3) is 0 Å². The molecule has 2 aromatic carbocycles. The molecule has 24 heavy (non-hydrogen) atoms. The van der Waals surface area contributed by atoms with Crippen LogP contribution in [0.4, 0.5) is 11.4 Å². The van der Waals surface area contributed by atoms with Crippen LogP contribution in [0.1, 0.15) is 25.0 Å². The topological polar surface area (TPSA) is 43.2 Å². The second-order valence-corrected chi connectivity index (χ2v) is 5.65. The van der Waals surface area contributed by atoms with E-state index in [0.29, 0.717) is 0 Å². The fourth-order valence-electron chi connectivity index (χ4n) is 2.38. The van der Waals surface area contributed by atoms with Crippen molar-refractivity contribution in [3.05, 3.63) is 47.5 Å². The van der Waals surface area contributed by atoms with Crippen molar-refractivity contribution in [3.63, 3.8) is 0 Å². The molecule has 0 radical (unpaired) electrons. The minimum atomic E-state index is 0.760. The maximum absolute atomic E-state index is 5.41. The molecule has 2 aromatic rings. The van der Waals surface area contributed by atoms with E-state index in [2.05, 4.69) is 0 Å². The fourth-order valence-corrected chi connectivity index (χ4v) is 2.38. The summed E-state index contributed by atoms with van der Waals surface area (Å²) >= 11 is 0. The van der Waals surface area contributed by atoms with Crippen molar-refractivity contribution in [1.82, 2.24) is 0 Å². The molecule has 0 aliphatic heterocycles. The number of rotatable bonds is 5. The average Bonchev–Trinajstić information content (AvgIpc) is 2.58. The highest BCUT2D eigenvalue weighted by Gasteiger charge is 2.09. The van der Waals surface area contributed by atoms with Crippen LogP contribution < -0.4 is 9.47 Å². The van der Waals surface area contributed by atoms with E-state index in [-0.39, 0.29) is 0 Å². The number of aryl methyl sites for hydroxylation is 2. The molecule has 0 atom stereocenters. The number of ether oxygens (including phenoxy) is 2. The molecule has 0 saturated heterocycles. The number of hydrogen-bond acceptors (Lipinski definition) is 4. The summed E-state index contributed by atoms with van der Waals surface area (Å²) in [6.45, 7) is 7.95. The van der Waals surface area contributed by atoms with Crippen molar-refractivity contribution < 1.29 is 9.47 Å². The molecule has 4 heteroatoms. The molecule has 0 aromatic heterocycles. The van der Waals surface area contributed by atoms with Gasteiger partial charge in [0.1, 0.15) is 22.9 Å². The lowest BCUT2D eigenvalue weighted by Gasteiger charge is -2.10. The van der Waals surface area contributed by atoms with Crippen molar-refractivity contribution in [2.45, 2.75) is 27.7 Å². The third kappa shape index (κ3) is 3.82. The zero-order chi connectivity index (χ0) is 17.7. The van der Waals surface area contributed by atoms with E-state index in [0.717, 1.165) is 45.4 Å². The summed E-state index contributed by atoms with van der Waals surface area (Å²) in [6.07, 6.45) is 0. The molecule has 0 saturated carbocycles. The maximum atomic E-state index is 5.41. The Hall–Kier alpha value is -2.62. The average molecular weight is 324 g/mol. The molecule has 0 aliphatic carbocycles. The van der Waals surface area contributed by atoms with Gasteiger partial charge in [0.15, 0.2) is 0 Å². The first-order valence-electron chi connectivity index (χ1n) is 7.86. The summed E-state index contributed by atoms with van der Waals surface area (Å²) in [7, 11) is 3.31. The van der Waals surface area contributed by atoms with Crippen molar-refractivity contribution in [2.24, 2.45) is 9.98 Å². The molecule has 2 rings (SSSR count). The first kappa shape index (κ1) is 17.7. The van der Waals surface area contributed by atoms with Gasteiger partial charge in [-0.3, -0.25) is 0 Å². The second kappa shape index (κ2) is 7.77. The van der Waals surface area contributed by atoms with Crippen molar-refractivity contribution in [2.75, 3.05) is 14.2 Å². The Bertz CT molecular complexity index is 725. The van der Waals surface area contributed by atoms with E-state index >= 15 is 0 Å². The van der Waals surface area contributed by atoms with Gasteiger partial charge in [-0.1, -0.05) is 24.3 Å². The van der Waals surface area contributed by atoms with E-state index in [9.17, 15) is 0 Å². The molecule has 0 heterocycles. The lowest BCUT2D eigenvalue weighted by atomic mass is 10.1. The van der Waals surface area contributed by atoms with Gasteiger partial charge in [-0.05, 0) is 51.0 Å². The van der Waals surface area contributed by atoms with Gasteiger partial charge in [0.25, 0.3) is 0 Å². The van der Waals surface area contributed by atoms with Gasteiger partial charge in [0, 0.05) is 0 Å². The number of benzene rings is 2. The Kier molecular flexibility index (Phi) is 5.74. The van der Waals surface area contributed by atoms with Gasteiger partial charge < -0.3 is 9.47 Å². The van der Waals surface area contributed by atoms with Gasteiger partial charge in [-0.2, -0.15) is 0 Å². The van der Waals surface area contributed by atoms with Crippen molar-refractivity contribution in [1.29, 1.82) is 0 Å². The second-order valence-electron chi connectivity index (χ2n) is 5.65. The molecule has 0 aliphatic rings. The SMILES string of the molecule is COc1cccc(C)c1N=C(C)C(C)=Nc1c(C)cccc1OC. The highest BCUT2D eigenvalue weighted by molar-refractivity contribution is 6.41. The predicted octanol–water partition coefficient (Wildman–Crippen LogP) is 5.21. The molecule has 0 N–H and O–H groups in total. The molecule has 4 nitrogen and oxygen atoms in total. The maximum Gasteiger partial charge on any atom is 0.144 e. The smallest absolute Gasteiger partial charge is 0.144 e. The summed E-state index contributed by atoms with van der Waals surface area (Å²) in [6, 6.07) is 11.8. The zero-order valence-corrected chi connectivity index (χ0v) is 15.2. The molecule has 0 fully saturated rings. The van der Waals surface area contributed by atoms with Gasteiger partial charge in [-0.25, -0.2) is 9.98 Å². The summed E-state index contributed by atoms with van der Waals surface area (Å²) in [4.78, 5) is 9.46. The van der Waals surface area contributed by atoms with Crippen LogP contribution >= 0.6 is 0 Å². The quantitative estimate of drug-likeness (QED) is 0.709. The summed E-state index contributed by atoms with van der Waals surface area (Å²) < 4.78 is 10.8. The largest absolute Gasteiger partial charge is 0.494 e. The summed E-state index contributed by atoms with van der Waals surface area (Å²) in [5, 5.41) is 0. The van der Waals surface area contributed by atoms with Gasteiger partial charge >= 0.3 is 0 Å². The Morgan fingerprint density at radius 3 is 1.42 bits per heavy atom. The molecule has 0 spiro atoms. The van der Waals surface area contributed by atoms with Gasteiger partial charge in [0.05, 0.1) is 25.6 Å². The van der Waals surface area contributed by atoms with E-state index in [1.807, 2.05) is 64.1 Å². The highest BCUT2D eigenvalue weighted by Crippen LogP contribution is 2.32. The standard InChI is InChI=1S/C20H24N2O2/c1-13-9-7-11-17(23-5)19(13)21-15(3)16(4)22-20-14(2)10-8-12-18(20)24-6/h7-12H,1-6H3. The van der Waals surface area contributed by atoms with Crippen LogP contribution in [0, 0.1) is 13.8 Å². The molecular weight excluding hydrogens is 300 g/mol.